The van der Waals surface area contributed by atoms with Gasteiger partial charge in [-0.2, -0.15) is 4.31 Å². The number of benzene rings is 1. The minimum Gasteiger partial charge on any atom is -0.467 e. The molecule has 1 saturated heterocycles. The second-order valence-electron chi connectivity index (χ2n) is 9.03. The minimum atomic E-state index is -3.57. The molecule has 1 aromatic rings. The number of nitrogens with zero attached hydrogens (tertiary/aromatic N) is 1. The average molecular weight is 451 g/mol. The van der Waals surface area contributed by atoms with Crippen LogP contribution < -0.4 is 5.32 Å². The maximum absolute atomic E-state index is 13.1. The average Bonchev–Trinajstić information content (AvgIpc) is 2.77. The number of methoxy groups -OCH3 is 1. The molecule has 8 heteroatoms. The zero-order valence-electron chi connectivity index (χ0n) is 18.7. The molecule has 31 heavy (non-hydrogen) atoms. The van der Waals surface area contributed by atoms with Gasteiger partial charge in [0.1, 0.15) is 6.04 Å². The molecule has 1 aliphatic carbocycles. The summed E-state index contributed by atoms with van der Waals surface area (Å²) in [6.45, 7) is 4.55. The van der Waals surface area contributed by atoms with Gasteiger partial charge in [0.05, 0.1) is 12.0 Å². The smallest absolute Gasteiger partial charge is 0.328 e. The van der Waals surface area contributed by atoms with E-state index in [4.69, 9.17) is 4.74 Å². The van der Waals surface area contributed by atoms with Crippen molar-refractivity contribution in [1.82, 2.24) is 9.62 Å². The molecule has 2 aliphatic rings. The van der Waals surface area contributed by atoms with Gasteiger partial charge in [0.25, 0.3) is 0 Å². The van der Waals surface area contributed by atoms with Crippen molar-refractivity contribution in [2.24, 2.45) is 11.8 Å². The highest BCUT2D eigenvalue weighted by Gasteiger charge is 2.34. The van der Waals surface area contributed by atoms with Crippen LogP contribution in [0, 0.1) is 11.8 Å². The first-order valence-electron chi connectivity index (χ1n) is 11.2. The number of carbonyl (C=O) groups excluding carboxylic acids is 2. The molecule has 0 unspecified atom stereocenters. The van der Waals surface area contributed by atoms with Gasteiger partial charge in [0.2, 0.25) is 15.9 Å². The van der Waals surface area contributed by atoms with Crippen LogP contribution in [0.3, 0.4) is 0 Å². The third-order valence-electron chi connectivity index (χ3n) is 6.29. The van der Waals surface area contributed by atoms with Gasteiger partial charge in [-0.05, 0) is 74.1 Å². The maximum Gasteiger partial charge on any atom is 0.328 e. The highest BCUT2D eigenvalue weighted by Crippen LogP contribution is 2.28. The lowest BCUT2D eigenvalue weighted by molar-refractivity contribution is -0.146. The number of amides is 1. The normalized spacial score (nSPS) is 19.0. The zero-order chi connectivity index (χ0) is 22.6. The number of hydrogen-bond donors (Lipinski definition) is 1. The molecule has 1 amide bonds. The molecule has 1 fully saturated rings. The molecule has 0 spiro atoms. The third kappa shape index (κ3) is 5.66. The molecule has 7 nitrogen and oxygen atoms in total. The number of sulfonamides is 1. The van der Waals surface area contributed by atoms with Gasteiger partial charge in [0, 0.05) is 19.0 Å². The Morgan fingerprint density at radius 2 is 1.77 bits per heavy atom. The van der Waals surface area contributed by atoms with Crippen molar-refractivity contribution in [3.05, 3.63) is 29.3 Å². The van der Waals surface area contributed by atoms with E-state index < -0.39 is 22.0 Å². The Bertz CT molecular complexity index is 905. The molecule has 1 aliphatic heterocycles. The number of rotatable bonds is 7. The summed E-state index contributed by atoms with van der Waals surface area (Å²) in [6.07, 6.45) is 5.57. The summed E-state index contributed by atoms with van der Waals surface area (Å²) in [4.78, 5) is 25.0. The lowest BCUT2D eigenvalue weighted by Gasteiger charge is -2.31. The summed E-state index contributed by atoms with van der Waals surface area (Å²) < 4.78 is 32.6. The van der Waals surface area contributed by atoms with E-state index in [-0.39, 0.29) is 17.7 Å². The van der Waals surface area contributed by atoms with Crippen LogP contribution in [-0.2, 0) is 37.2 Å². The fraction of sp³-hybridized carbons (Fsp3) is 0.652. The van der Waals surface area contributed by atoms with E-state index in [1.807, 2.05) is 26.0 Å². The Morgan fingerprint density at radius 3 is 2.39 bits per heavy atom. The number of nitrogens with one attached hydrogen (secondary N) is 1. The standard InChI is InChI=1S/C23H34N2O5S/c1-16(2)14-21(23(27)30-3)24-22(26)18-10-12-25(13-11-18)31(28,29)20-9-8-17-6-4-5-7-19(17)15-20/h8-9,15-16,18,21H,4-7,10-14H2,1-3H3,(H,24,26)/t21-/m1/s1. The Morgan fingerprint density at radius 1 is 1.13 bits per heavy atom. The molecule has 0 saturated carbocycles. The van der Waals surface area contributed by atoms with Crippen molar-refractivity contribution in [2.75, 3.05) is 20.2 Å². The number of esters is 1. The number of ether oxygens (including phenoxy) is 1. The second kappa shape index (κ2) is 10.1. The SMILES string of the molecule is COC(=O)[C@@H](CC(C)C)NC(=O)C1CCN(S(=O)(=O)c2ccc3c(c2)CCCC3)CC1. The van der Waals surface area contributed by atoms with Crippen LogP contribution in [0.5, 0.6) is 0 Å². The van der Waals surface area contributed by atoms with Gasteiger partial charge in [-0.25, -0.2) is 13.2 Å². The van der Waals surface area contributed by atoms with Crippen molar-refractivity contribution in [3.8, 4) is 0 Å². The molecule has 1 heterocycles. The summed E-state index contributed by atoms with van der Waals surface area (Å²) in [5.74, 6) is -0.737. The van der Waals surface area contributed by atoms with E-state index in [1.54, 1.807) is 6.07 Å². The predicted molar refractivity (Wildman–Crippen MR) is 118 cm³/mol. The molecule has 1 atom stereocenters. The first kappa shape index (κ1) is 23.7. The quantitative estimate of drug-likeness (QED) is 0.645. The molecular formula is C23H34N2O5S. The minimum absolute atomic E-state index is 0.207. The fourth-order valence-corrected chi connectivity index (χ4v) is 6.02. The highest BCUT2D eigenvalue weighted by atomic mass is 32.2. The lowest BCUT2D eigenvalue weighted by atomic mass is 9.92. The van der Waals surface area contributed by atoms with Crippen molar-refractivity contribution in [3.63, 3.8) is 0 Å². The summed E-state index contributed by atoms with van der Waals surface area (Å²) in [5.41, 5.74) is 2.39. The summed E-state index contributed by atoms with van der Waals surface area (Å²) >= 11 is 0. The monoisotopic (exact) mass is 450 g/mol. The summed E-state index contributed by atoms with van der Waals surface area (Å²) in [6, 6.07) is 4.82. The van der Waals surface area contributed by atoms with Crippen LogP contribution in [0.4, 0.5) is 0 Å². The summed E-state index contributed by atoms with van der Waals surface area (Å²) in [5, 5.41) is 2.81. The lowest BCUT2D eigenvalue weighted by Crippen LogP contribution is -2.48. The highest BCUT2D eigenvalue weighted by molar-refractivity contribution is 7.89. The van der Waals surface area contributed by atoms with Crippen LogP contribution in [0.25, 0.3) is 0 Å². The van der Waals surface area contributed by atoms with E-state index in [2.05, 4.69) is 5.32 Å². The first-order valence-corrected chi connectivity index (χ1v) is 12.7. The Hall–Kier alpha value is -1.93. The van der Waals surface area contributed by atoms with Crippen molar-refractivity contribution in [1.29, 1.82) is 0 Å². The Kier molecular flexibility index (Phi) is 7.75. The molecule has 172 valence electrons. The van der Waals surface area contributed by atoms with Gasteiger partial charge < -0.3 is 10.1 Å². The number of fused-ring (bicyclic) bond motifs is 1. The van der Waals surface area contributed by atoms with Gasteiger partial charge in [-0.1, -0.05) is 19.9 Å². The molecule has 0 radical (unpaired) electrons. The van der Waals surface area contributed by atoms with Crippen LogP contribution >= 0.6 is 0 Å². The van der Waals surface area contributed by atoms with E-state index in [0.717, 1.165) is 31.2 Å². The van der Waals surface area contributed by atoms with E-state index in [9.17, 15) is 18.0 Å². The zero-order valence-corrected chi connectivity index (χ0v) is 19.5. The topological polar surface area (TPSA) is 92.8 Å². The van der Waals surface area contributed by atoms with Gasteiger partial charge in [-0.15, -0.1) is 0 Å². The molecule has 1 aromatic carbocycles. The number of carbonyl (C=O) groups is 2. The van der Waals surface area contributed by atoms with E-state index in [1.165, 1.54) is 17.0 Å². The Labute approximate surface area is 185 Å². The number of hydrogen-bond acceptors (Lipinski definition) is 5. The van der Waals surface area contributed by atoms with Crippen molar-refractivity contribution >= 4 is 21.9 Å². The van der Waals surface area contributed by atoms with E-state index in [0.29, 0.717) is 37.2 Å². The van der Waals surface area contributed by atoms with Crippen LogP contribution in [0.1, 0.15) is 57.1 Å². The molecular weight excluding hydrogens is 416 g/mol. The molecule has 1 N–H and O–H groups in total. The molecule has 0 aromatic heterocycles. The predicted octanol–water partition coefficient (Wildman–Crippen LogP) is 2.67. The van der Waals surface area contributed by atoms with Crippen molar-refractivity contribution < 1.29 is 22.7 Å². The first-order chi connectivity index (χ1) is 14.7. The van der Waals surface area contributed by atoms with Crippen LogP contribution in [-0.4, -0.2) is 50.8 Å². The number of piperidine rings is 1. The van der Waals surface area contributed by atoms with Gasteiger partial charge in [-0.3, -0.25) is 4.79 Å². The van der Waals surface area contributed by atoms with Crippen molar-refractivity contribution in [2.45, 2.75) is 69.7 Å². The number of aryl methyl sites for hydroxylation is 2. The summed E-state index contributed by atoms with van der Waals surface area (Å²) in [7, 11) is -2.26. The maximum atomic E-state index is 13.1. The van der Waals surface area contributed by atoms with Gasteiger partial charge >= 0.3 is 5.97 Å². The van der Waals surface area contributed by atoms with Crippen LogP contribution in [0.15, 0.2) is 23.1 Å². The van der Waals surface area contributed by atoms with Gasteiger partial charge in [0.15, 0.2) is 0 Å². The van der Waals surface area contributed by atoms with Crippen LogP contribution in [0.2, 0.25) is 0 Å². The van der Waals surface area contributed by atoms with E-state index >= 15 is 0 Å². The molecule has 0 bridgehead atoms. The second-order valence-corrected chi connectivity index (χ2v) is 11.0. The fourth-order valence-electron chi connectivity index (χ4n) is 4.49. The Balaban J connectivity index is 1.61. The third-order valence-corrected chi connectivity index (χ3v) is 8.19. The largest absolute Gasteiger partial charge is 0.467 e. The molecule has 3 rings (SSSR count).